The van der Waals surface area contributed by atoms with Gasteiger partial charge in [0.15, 0.2) is 5.75 Å². The summed E-state index contributed by atoms with van der Waals surface area (Å²) in [5, 5.41) is 11.3. The number of aromatic hydroxyl groups is 1. The van der Waals surface area contributed by atoms with Crippen LogP contribution in [0, 0.1) is 0 Å². The van der Waals surface area contributed by atoms with E-state index >= 15 is 0 Å². The second kappa shape index (κ2) is 9.47. The van der Waals surface area contributed by atoms with Gasteiger partial charge >= 0.3 is 0 Å². The van der Waals surface area contributed by atoms with E-state index in [2.05, 4.69) is 51.3 Å². The Labute approximate surface area is 210 Å². The molecule has 0 bridgehead atoms. The number of hydrogen-bond donors (Lipinski definition) is 1. The molecule has 36 heavy (non-hydrogen) atoms. The molecule has 0 amide bonds. The molecule has 6 rings (SSSR count). The lowest BCUT2D eigenvalue weighted by Crippen LogP contribution is -2.18. The van der Waals surface area contributed by atoms with Crippen molar-refractivity contribution in [2.24, 2.45) is 0 Å². The van der Waals surface area contributed by atoms with Crippen LogP contribution < -0.4 is 4.74 Å². The fourth-order valence-electron chi connectivity index (χ4n) is 5.07. The quantitative estimate of drug-likeness (QED) is 0.323. The van der Waals surface area contributed by atoms with Gasteiger partial charge < -0.3 is 9.84 Å². The number of benzene rings is 3. The number of methoxy groups -OCH3 is 1. The average Bonchev–Trinajstić information content (AvgIpc) is 3.60. The van der Waals surface area contributed by atoms with Crippen molar-refractivity contribution >= 4 is 11.0 Å². The van der Waals surface area contributed by atoms with E-state index in [1.807, 2.05) is 41.0 Å². The highest BCUT2D eigenvalue weighted by Crippen LogP contribution is 2.36. The van der Waals surface area contributed by atoms with E-state index < -0.39 is 0 Å². The molecule has 1 aliphatic heterocycles. The second-order valence-electron chi connectivity index (χ2n) is 9.22. The van der Waals surface area contributed by atoms with Crippen LogP contribution in [0.15, 0.2) is 85.3 Å². The number of aromatic nitrogens is 3. The van der Waals surface area contributed by atoms with Crippen molar-refractivity contribution in [2.45, 2.75) is 19.4 Å². The largest absolute Gasteiger partial charge is 0.504 e. The van der Waals surface area contributed by atoms with Crippen LogP contribution in [-0.2, 0) is 6.54 Å². The molecular weight excluding hydrogens is 448 g/mol. The number of rotatable bonds is 6. The molecule has 0 radical (unpaired) electrons. The first-order valence-electron chi connectivity index (χ1n) is 12.3. The molecule has 0 saturated carbocycles. The molecule has 180 valence electrons. The lowest BCUT2D eigenvalue weighted by Gasteiger charge is -2.18. The van der Waals surface area contributed by atoms with Gasteiger partial charge in [-0.2, -0.15) is 0 Å². The predicted octanol–water partition coefficient (Wildman–Crippen LogP) is 6.06. The molecule has 0 aliphatic carbocycles. The van der Waals surface area contributed by atoms with Gasteiger partial charge in [0.05, 0.1) is 13.3 Å². The first-order chi connectivity index (χ1) is 17.7. The topological polar surface area (TPSA) is 63.4 Å². The number of nitrogens with zero attached hydrogens (tertiary/aromatic N) is 4. The maximum Gasteiger partial charge on any atom is 0.168 e. The van der Waals surface area contributed by atoms with Gasteiger partial charge in [-0.15, -0.1) is 0 Å². The minimum Gasteiger partial charge on any atom is -0.504 e. The van der Waals surface area contributed by atoms with E-state index in [4.69, 9.17) is 4.74 Å². The van der Waals surface area contributed by atoms with Gasteiger partial charge in [0.25, 0.3) is 0 Å². The molecule has 2 aromatic heterocycles. The minimum absolute atomic E-state index is 0.114. The number of likely N-dealkylation sites (tertiary alicyclic amines) is 1. The van der Waals surface area contributed by atoms with Crippen molar-refractivity contribution in [3.63, 3.8) is 0 Å². The Morgan fingerprint density at radius 3 is 2.33 bits per heavy atom. The molecule has 3 aromatic carbocycles. The van der Waals surface area contributed by atoms with Crippen molar-refractivity contribution < 1.29 is 9.84 Å². The average molecular weight is 477 g/mol. The van der Waals surface area contributed by atoms with Crippen LogP contribution in [0.4, 0.5) is 0 Å². The Morgan fingerprint density at radius 1 is 0.861 bits per heavy atom. The van der Waals surface area contributed by atoms with E-state index in [1.54, 1.807) is 19.6 Å². The van der Waals surface area contributed by atoms with Gasteiger partial charge in [0.2, 0.25) is 0 Å². The highest BCUT2D eigenvalue weighted by atomic mass is 16.5. The number of imidazole rings is 1. The van der Waals surface area contributed by atoms with Crippen LogP contribution in [0.5, 0.6) is 11.5 Å². The van der Waals surface area contributed by atoms with Gasteiger partial charge in [-0.3, -0.25) is 9.47 Å². The molecule has 1 N–H and O–H groups in total. The van der Waals surface area contributed by atoms with Crippen molar-refractivity contribution in [3.05, 3.63) is 90.9 Å². The SMILES string of the molecule is COc1ccc(-n2cnc3cnc(-c4ccc(-c5ccccc5CN5CCCC5)cc4)c(O)c32)cc1. The zero-order chi connectivity index (χ0) is 24.5. The third-order valence-electron chi connectivity index (χ3n) is 6.99. The molecule has 1 aliphatic rings. The van der Waals surface area contributed by atoms with Crippen LogP contribution in [0.25, 0.3) is 39.1 Å². The van der Waals surface area contributed by atoms with Gasteiger partial charge in [-0.25, -0.2) is 9.97 Å². The van der Waals surface area contributed by atoms with Crippen molar-refractivity contribution in [1.82, 2.24) is 19.4 Å². The van der Waals surface area contributed by atoms with Gasteiger partial charge in [0.1, 0.15) is 28.8 Å². The fourth-order valence-corrected chi connectivity index (χ4v) is 5.07. The number of hydrogen-bond acceptors (Lipinski definition) is 5. The van der Waals surface area contributed by atoms with Crippen LogP contribution >= 0.6 is 0 Å². The van der Waals surface area contributed by atoms with Crippen LogP contribution in [0.2, 0.25) is 0 Å². The molecule has 6 heteroatoms. The maximum atomic E-state index is 11.3. The van der Waals surface area contributed by atoms with E-state index in [-0.39, 0.29) is 5.75 Å². The standard InChI is InChI=1S/C30H28N4O2/c1-36-25-14-12-24(13-15-25)34-20-32-27-18-31-28(30(35)29(27)34)22-10-8-21(9-11-22)26-7-3-2-6-23(26)19-33-16-4-5-17-33/h2-3,6-15,18,20,35H,4-5,16-17,19H2,1H3. The van der Waals surface area contributed by atoms with E-state index in [9.17, 15) is 5.11 Å². The van der Waals surface area contributed by atoms with Crippen LogP contribution in [-0.4, -0.2) is 44.7 Å². The van der Waals surface area contributed by atoms with Crippen molar-refractivity contribution in [2.75, 3.05) is 20.2 Å². The summed E-state index contributed by atoms with van der Waals surface area (Å²) in [6.07, 6.45) is 5.99. The summed E-state index contributed by atoms with van der Waals surface area (Å²) >= 11 is 0. The summed E-state index contributed by atoms with van der Waals surface area (Å²) in [4.78, 5) is 11.5. The highest BCUT2D eigenvalue weighted by molar-refractivity contribution is 5.89. The molecule has 6 nitrogen and oxygen atoms in total. The number of pyridine rings is 1. The zero-order valence-electron chi connectivity index (χ0n) is 20.3. The number of ether oxygens (including phenoxy) is 1. The molecule has 0 unspecified atom stereocenters. The van der Waals surface area contributed by atoms with Crippen LogP contribution in [0.3, 0.4) is 0 Å². The summed E-state index contributed by atoms with van der Waals surface area (Å²) in [5.41, 5.74) is 7.31. The molecule has 1 fully saturated rings. The molecule has 1 saturated heterocycles. The minimum atomic E-state index is 0.114. The molecule has 3 heterocycles. The summed E-state index contributed by atoms with van der Waals surface area (Å²) < 4.78 is 7.14. The Balaban J connectivity index is 1.34. The van der Waals surface area contributed by atoms with E-state index in [0.717, 1.165) is 29.1 Å². The lowest BCUT2D eigenvalue weighted by atomic mass is 9.97. The van der Waals surface area contributed by atoms with Crippen LogP contribution in [0.1, 0.15) is 18.4 Å². The third kappa shape index (κ3) is 4.10. The third-order valence-corrected chi connectivity index (χ3v) is 6.99. The predicted molar refractivity (Wildman–Crippen MR) is 142 cm³/mol. The summed E-state index contributed by atoms with van der Waals surface area (Å²) in [6, 6.07) is 24.6. The van der Waals surface area contributed by atoms with Gasteiger partial charge in [-0.1, -0.05) is 48.5 Å². The monoisotopic (exact) mass is 476 g/mol. The second-order valence-corrected chi connectivity index (χ2v) is 9.22. The normalized spacial score (nSPS) is 13.9. The number of fused-ring (bicyclic) bond motifs is 1. The Hall–Kier alpha value is -4.16. The Kier molecular flexibility index (Phi) is 5.87. The zero-order valence-corrected chi connectivity index (χ0v) is 20.3. The first-order valence-corrected chi connectivity index (χ1v) is 12.3. The maximum absolute atomic E-state index is 11.3. The Morgan fingerprint density at radius 2 is 1.58 bits per heavy atom. The van der Waals surface area contributed by atoms with E-state index in [0.29, 0.717) is 16.7 Å². The van der Waals surface area contributed by atoms with Gasteiger partial charge in [0, 0.05) is 17.8 Å². The van der Waals surface area contributed by atoms with Crippen molar-refractivity contribution in [3.8, 4) is 39.6 Å². The summed E-state index contributed by atoms with van der Waals surface area (Å²) in [5.74, 6) is 0.889. The fraction of sp³-hybridized carbons (Fsp3) is 0.200. The lowest BCUT2D eigenvalue weighted by molar-refractivity contribution is 0.332. The smallest absolute Gasteiger partial charge is 0.168 e. The molecular formula is C30H28N4O2. The Bertz CT molecular complexity index is 1500. The summed E-state index contributed by atoms with van der Waals surface area (Å²) in [7, 11) is 1.64. The molecule has 5 aromatic rings. The highest BCUT2D eigenvalue weighted by Gasteiger charge is 2.17. The first kappa shape index (κ1) is 22.3. The molecule has 0 atom stereocenters. The van der Waals surface area contributed by atoms with E-state index in [1.165, 1.54) is 37.1 Å². The molecule has 0 spiro atoms. The van der Waals surface area contributed by atoms with Gasteiger partial charge in [-0.05, 0) is 66.9 Å². The summed E-state index contributed by atoms with van der Waals surface area (Å²) in [6.45, 7) is 3.33. The van der Waals surface area contributed by atoms with Crippen molar-refractivity contribution in [1.29, 1.82) is 0 Å².